The number of nitrogens with zero attached hydrogens (tertiary/aromatic N) is 5. The van der Waals surface area contributed by atoms with Gasteiger partial charge < -0.3 is 4.74 Å². The van der Waals surface area contributed by atoms with Crippen LogP contribution in [0.1, 0.15) is 52.1 Å². The van der Waals surface area contributed by atoms with Crippen molar-refractivity contribution in [1.29, 1.82) is 0 Å². The van der Waals surface area contributed by atoms with Crippen LogP contribution in [-0.2, 0) is 0 Å². The largest absolute Gasteiger partial charge is 0.489 e. The summed E-state index contributed by atoms with van der Waals surface area (Å²) in [7, 11) is 0. The van der Waals surface area contributed by atoms with E-state index in [4.69, 9.17) is 9.72 Å². The second kappa shape index (κ2) is 8.51. The average molecular weight is 430 g/mol. The first-order valence-corrected chi connectivity index (χ1v) is 11.7. The van der Waals surface area contributed by atoms with Gasteiger partial charge in [-0.1, -0.05) is 37.6 Å². The quantitative estimate of drug-likeness (QED) is 0.404. The molecule has 0 saturated carbocycles. The van der Waals surface area contributed by atoms with Crippen molar-refractivity contribution in [2.75, 3.05) is 13.1 Å². The van der Waals surface area contributed by atoms with Crippen LogP contribution in [0.25, 0.3) is 28.1 Å². The zero-order valence-corrected chi connectivity index (χ0v) is 19.3. The smallest absolute Gasteiger partial charge is 0.187 e. The van der Waals surface area contributed by atoms with Crippen molar-refractivity contribution in [2.24, 2.45) is 5.92 Å². The molecule has 5 rings (SSSR count). The molecule has 1 saturated heterocycles. The number of aromatic nitrogens is 4. The van der Waals surface area contributed by atoms with Crippen molar-refractivity contribution in [3.63, 3.8) is 0 Å². The molecule has 0 radical (unpaired) electrons. The lowest BCUT2D eigenvalue weighted by atomic mass is 10.1. The van der Waals surface area contributed by atoms with Crippen molar-refractivity contribution in [3.05, 3.63) is 54.2 Å². The second-order valence-electron chi connectivity index (χ2n) is 9.14. The standard InChI is InChI=1S/C26H31N5O/c1-5-19-13-14-30(15-19)18(4)21-10-12-24-28-29-26(31(24)16-21)22-11-9-20-7-6-8-23(25(20)27-22)32-17(2)3/h6-12,16-19H,5,13-15H2,1-4H3/t18-,19-/m0/s1. The Bertz CT molecular complexity index is 1250. The Morgan fingerprint density at radius 3 is 2.72 bits per heavy atom. The predicted octanol–water partition coefficient (Wildman–Crippen LogP) is 5.52. The Hall–Kier alpha value is -2.99. The minimum absolute atomic E-state index is 0.0851. The molecule has 1 aliphatic heterocycles. The van der Waals surface area contributed by atoms with Crippen LogP contribution in [-0.4, -0.2) is 43.7 Å². The lowest BCUT2D eigenvalue weighted by molar-refractivity contribution is 0.245. The van der Waals surface area contributed by atoms with Crippen LogP contribution in [0, 0.1) is 5.92 Å². The van der Waals surface area contributed by atoms with Gasteiger partial charge in [-0.15, -0.1) is 10.2 Å². The van der Waals surface area contributed by atoms with E-state index < -0.39 is 0 Å². The highest BCUT2D eigenvalue weighted by Crippen LogP contribution is 2.31. The van der Waals surface area contributed by atoms with E-state index in [0.29, 0.717) is 6.04 Å². The summed E-state index contributed by atoms with van der Waals surface area (Å²) in [6.07, 6.45) is 4.82. The van der Waals surface area contributed by atoms with Gasteiger partial charge in [-0.2, -0.15) is 0 Å². The second-order valence-corrected chi connectivity index (χ2v) is 9.14. The Morgan fingerprint density at radius 1 is 1.06 bits per heavy atom. The Kier molecular flexibility index (Phi) is 5.55. The first-order valence-electron chi connectivity index (χ1n) is 11.7. The van der Waals surface area contributed by atoms with Crippen LogP contribution in [0.2, 0.25) is 0 Å². The molecule has 6 heteroatoms. The van der Waals surface area contributed by atoms with Crippen molar-refractivity contribution in [3.8, 4) is 17.3 Å². The number of ether oxygens (including phenoxy) is 1. The fourth-order valence-electron chi connectivity index (χ4n) is 4.68. The van der Waals surface area contributed by atoms with Crippen LogP contribution in [0.4, 0.5) is 0 Å². The average Bonchev–Trinajstić information content (AvgIpc) is 3.45. The van der Waals surface area contributed by atoms with E-state index in [1.165, 1.54) is 24.9 Å². The Morgan fingerprint density at radius 2 is 1.94 bits per heavy atom. The first kappa shape index (κ1) is 20.9. The Balaban J connectivity index is 1.53. The fraction of sp³-hybridized carbons (Fsp3) is 0.423. The van der Waals surface area contributed by atoms with Gasteiger partial charge in [-0.3, -0.25) is 9.30 Å². The molecule has 3 aromatic heterocycles. The molecule has 0 aliphatic carbocycles. The van der Waals surface area contributed by atoms with E-state index in [2.05, 4.69) is 63.8 Å². The lowest BCUT2D eigenvalue weighted by Crippen LogP contribution is -2.24. The molecule has 6 nitrogen and oxygen atoms in total. The molecular formula is C26H31N5O. The van der Waals surface area contributed by atoms with Gasteiger partial charge in [-0.25, -0.2) is 4.98 Å². The van der Waals surface area contributed by atoms with Crippen molar-refractivity contribution < 1.29 is 4.74 Å². The van der Waals surface area contributed by atoms with E-state index >= 15 is 0 Å². The van der Waals surface area contributed by atoms with Crippen LogP contribution in [0.15, 0.2) is 48.7 Å². The molecule has 0 spiro atoms. The third-order valence-electron chi connectivity index (χ3n) is 6.62. The molecule has 166 valence electrons. The normalized spacial score (nSPS) is 18.1. The number of para-hydroxylation sites is 1. The summed E-state index contributed by atoms with van der Waals surface area (Å²) in [4.78, 5) is 7.52. The molecule has 4 heterocycles. The molecule has 32 heavy (non-hydrogen) atoms. The molecule has 1 aliphatic rings. The number of fused-ring (bicyclic) bond motifs is 2. The van der Waals surface area contributed by atoms with Crippen LogP contribution < -0.4 is 4.74 Å². The highest BCUT2D eigenvalue weighted by molar-refractivity contribution is 5.86. The zero-order chi connectivity index (χ0) is 22.2. The van der Waals surface area contributed by atoms with Crippen molar-refractivity contribution in [2.45, 2.75) is 52.7 Å². The van der Waals surface area contributed by atoms with Gasteiger partial charge in [0.1, 0.15) is 17.0 Å². The zero-order valence-electron chi connectivity index (χ0n) is 19.3. The highest BCUT2D eigenvalue weighted by atomic mass is 16.5. The van der Waals surface area contributed by atoms with Crippen LogP contribution in [0.3, 0.4) is 0 Å². The molecule has 4 aromatic rings. The van der Waals surface area contributed by atoms with Gasteiger partial charge in [0.25, 0.3) is 0 Å². The van der Waals surface area contributed by atoms with Gasteiger partial charge in [-0.05, 0) is 63.4 Å². The summed E-state index contributed by atoms with van der Waals surface area (Å²) >= 11 is 0. The topological polar surface area (TPSA) is 55.5 Å². The van der Waals surface area contributed by atoms with E-state index in [-0.39, 0.29) is 6.10 Å². The Labute approximate surface area is 189 Å². The first-order chi connectivity index (χ1) is 15.5. The molecule has 0 bridgehead atoms. The lowest BCUT2D eigenvalue weighted by Gasteiger charge is -2.24. The number of hydrogen-bond acceptors (Lipinski definition) is 5. The van der Waals surface area contributed by atoms with E-state index in [0.717, 1.165) is 46.3 Å². The highest BCUT2D eigenvalue weighted by Gasteiger charge is 2.26. The van der Waals surface area contributed by atoms with Gasteiger partial charge in [0.05, 0.1) is 6.10 Å². The molecular weight excluding hydrogens is 398 g/mol. The maximum Gasteiger partial charge on any atom is 0.187 e. The number of hydrogen-bond donors (Lipinski definition) is 0. The van der Waals surface area contributed by atoms with Gasteiger partial charge >= 0.3 is 0 Å². The number of benzene rings is 1. The number of likely N-dealkylation sites (tertiary alicyclic amines) is 1. The molecule has 1 fully saturated rings. The summed E-state index contributed by atoms with van der Waals surface area (Å²) < 4.78 is 8.07. The number of pyridine rings is 2. The minimum Gasteiger partial charge on any atom is -0.489 e. The van der Waals surface area contributed by atoms with E-state index in [9.17, 15) is 0 Å². The van der Waals surface area contributed by atoms with E-state index in [1.807, 2.05) is 32.0 Å². The molecule has 2 atom stereocenters. The van der Waals surface area contributed by atoms with Gasteiger partial charge in [0, 0.05) is 24.2 Å². The SMILES string of the molecule is CC[C@H]1CCN([C@@H](C)c2ccc3nnc(-c4ccc5cccc(OC(C)C)c5n4)n3c2)C1. The molecule has 1 aromatic carbocycles. The van der Waals surface area contributed by atoms with E-state index in [1.54, 1.807) is 0 Å². The monoisotopic (exact) mass is 429 g/mol. The van der Waals surface area contributed by atoms with Gasteiger partial charge in [0.15, 0.2) is 11.5 Å². The third kappa shape index (κ3) is 3.84. The summed E-state index contributed by atoms with van der Waals surface area (Å²) in [5.41, 5.74) is 3.75. The van der Waals surface area contributed by atoms with Crippen molar-refractivity contribution in [1.82, 2.24) is 24.5 Å². The summed E-state index contributed by atoms with van der Waals surface area (Å²) in [6, 6.07) is 14.7. The maximum atomic E-state index is 6.00. The molecule has 0 N–H and O–H groups in total. The predicted molar refractivity (Wildman–Crippen MR) is 128 cm³/mol. The summed E-state index contributed by atoms with van der Waals surface area (Å²) in [5.74, 6) is 2.36. The third-order valence-corrected chi connectivity index (χ3v) is 6.62. The van der Waals surface area contributed by atoms with Crippen LogP contribution >= 0.6 is 0 Å². The molecule has 0 amide bonds. The minimum atomic E-state index is 0.0851. The summed E-state index contributed by atoms with van der Waals surface area (Å²) in [6.45, 7) is 11.0. The van der Waals surface area contributed by atoms with Crippen LogP contribution in [0.5, 0.6) is 5.75 Å². The van der Waals surface area contributed by atoms with Gasteiger partial charge in [0.2, 0.25) is 0 Å². The maximum absolute atomic E-state index is 6.00. The fourth-order valence-corrected chi connectivity index (χ4v) is 4.68. The summed E-state index contributed by atoms with van der Waals surface area (Å²) in [5, 5.41) is 9.93. The molecule has 0 unspecified atom stereocenters. The van der Waals surface area contributed by atoms with Crippen molar-refractivity contribution >= 4 is 16.6 Å². The number of rotatable bonds is 6.